The van der Waals surface area contributed by atoms with Crippen molar-refractivity contribution in [2.24, 2.45) is 0 Å². The Morgan fingerprint density at radius 2 is 2.04 bits per heavy atom. The van der Waals surface area contributed by atoms with Crippen molar-refractivity contribution in [1.82, 2.24) is 4.98 Å². The lowest BCUT2D eigenvalue weighted by Crippen LogP contribution is -2.10. The number of aromatic nitrogens is 1. The van der Waals surface area contributed by atoms with Crippen LogP contribution >= 0.6 is 0 Å². The minimum absolute atomic E-state index is 0.0445. The highest BCUT2D eigenvalue weighted by Gasteiger charge is 2.16. The van der Waals surface area contributed by atoms with Gasteiger partial charge in [0.15, 0.2) is 18.0 Å². The van der Waals surface area contributed by atoms with E-state index in [2.05, 4.69) is 4.98 Å². The van der Waals surface area contributed by atoms with Crippen molar-refractivity contribution in [2.45, 2.75) is 40.5 Å². The molecular weight excluding hydrogens is 313 g/mol. The van der Waals surface area contributed by atoms with Gasteiger partial charge in [-0.2, -0.15) is 0 Å². The number of methoxy groups -OCH3 is 1. The molecule has 0 aliphatic rings. The molecule has 0 aliphatic heterocycles. The molecule has 24 heavy (non-hydrogen) atoms. The topological polar surface area (TPSA) is 61.6 Å². The van der Waals surface area contributed by atoms with Crippen LogP contribution in [-0.4, -0.2) is 24.7 Å². The number of hydrogen-bond donors (Lipinski definition) is 0. The lowest BCUT2D eigenvalue weighted by atomic mass is 10.0. The van der Waals surface area contributed by atoms with Crippen LogP contribution in [0.2, 0.25) is 0 Å². The third-order valence-electron chi connectivity index (χ3n) is 3.23. The highest BCUT2D eigenvalue weighted by molar-refractivity contribution is 5.73. The quantitative estimate of drug-likeness (QED) is 0.749. The third-order valence-corrected chi connectivity index (χ3v) is 3.23. The number of esters is 1. The molecule has 1 aromatic heterocycles. The van der Waals surface area contributed by atoms with Crippen molar-refractivity contribution in [3.63, 3.8) is 0 Å². The molecule has 0 N–H and O–H groups in total. The molecule has 2 aromatic rings. The summed E-state index contributed by atoms with van der Waals surface area (Å²) in [6.07, 6.45) is 1.70. The maximum absolute atomic E-state index is 14.2. The maximum Gasteiger partial charge on any atom is 0.310 e. The van der Waals surface area contributed by atoms with Crippen molar-refractivity contribution >= 4 is 5.97 Å². The predicted octanol–water partition coefficient (Wildman–Crippen LogP) is 3.85. The highest BCUT2D eigenvalue weighted by atomic mass is 19.1. The molecule has 2 rings (SSSR count). The Kier molecular flexibility index (Phi) is 7.95. The lowest BCUT2D eigenvalue weighted by molar-refractivity contribution is -0.142. The average molecular weight is 337 g/mol. The second-order valence-corrected chi connectivity index (χ2v) is 4.79. The Labute approximate surface area is 141 Å². The van der Waals surface area contributed by atoms with E-state index in [4.69, 9.17) is 13.9 Å². The molecule has 0 aliphatic carbocycles. The summed E-state index contributed by atoms with van der Waals surface area (Å²) < 4.78 is 29.4. The number of nitrogens with zero attached hydrogens (tertiary/aromatic N) is 1. The number of ether oxygens (including phenoxy) is 2. The summed E-state index contributed by atoms with van der Waals surface area (Å²) in [6.45, 7) is 7.82. The minimum atomic E-state index is -0.517. The summed E-state index contributed by atoms with van der Waals surface area (Å²) in [5.41, 5.74) is 1.88. The molecule has 0 spiro atoms. The normalized spacial score (nSPS) is 9.92. The van der Waals surface area contributed by atoms with E-state index in [0.717, 1.165) is 5.69 Å². The van der Waals surface area contributed by atoms with Crippen LogP contribution in [-0.2, 0) is 22.4 Å². The first-order valence-electron chi connectivity index (χ1n) is 7.95. The van der Waals surface area contributed by atoms with Crippen molar-refractivity contribution in [1.29, 1.82) is 0 Å². The number of oxazole rings is 1. The van der Waals surface area contributed by atoms with Crippen LogP contribution in [0.1, 0.15) is 43.4 Å². The Morgan fingerprint density at radius 3 is 2.58 bits per heavy atom. The number of carbonyl (C=O) groups is 1. The van der Waals surface area contributed by atoms with E-state index in [-0.39, 0.29) is 18.8 Å². The molecule has 6 heteroatoms. The minimum Gasteiger partial charge on any atom is -0.493 e. The fraction of sp³-hybridized carbons (Fsp3) is 0.444. The van der Waals surface area contributed by atoms with E-state index in [1.165, 1.54) is 19.6 Å². The summed E-state index contributed by atoms with van der Waals surface area (Å²) in [7, 11) is 1.37. The van der Waals surface area contributed by atoms with Gasteiger partial charge in [-0.3, -0.25) is 4.79 Å². The van der Waals surface area contributed by atoms with Crippen LogP contribution in [0.4, 0.5) is 4.39 Å². The van der Waals surface area contributed by atoms with Crippen molar-refractivity contribution in [3.05, 3.63) is 46.9 Å². The summed E-state index contributed by atoms with van der Waals surface area (Å²) in [6, 6.07) is 3.09. The zero-order valence-corrected chi connectivity index (χ0v) is 14.8. The van der Waals surface area contributed by atoms with Gasteiger partial charge in [-0.05, 0) is 25.5 Å². The SMILES string of the molecule is CC.CCOC(=O)Cc1cc(Cc2ocnc2C)cc(F)c1OC. The molecule has 0 atom stereocenters. The van der Waals surface area contributed by atoms with Gasteiger partial charge in [0.05, 0.1) is 25.8 Å². The van der Waals surface area contributed by atoms with E-state index in [1.54, 1.807) is 13.0 Å². The monoisotopic (exact) mass is 337 g/mol. The van der Waals surface area contributed by atoms with E-state index in [1.807, 2.05) is 20.8 Å². The number of benzene rings is 1. The van der Waals surface area contributed by atoms with Crippen molar-refractivity contribution in [2.75, 3.05) is 13.7 Å². The summed E-state index contributed by atoms with van der Waals surface area (Å²) >= 11 is 0. The Balaban J connectivity index is 0.00000139. The Hall–Kier alpha value is -2.37. The Morgan fingerprint density at radius 1 is 1.33 bits per heavy atom. The van der Waals surface area contributed by atoms with E-state index < -0.39 is 11.8 Å². The van der Waals surface area contributed by atoms with Gasteiger partial charge < -0.3 is 13.9 Å². The molecule has 0 unspecified atom stereocenters. The molecule has 132 valence electrons. The van der Waals surface area contributed by atoms with Crippen LogP contribution in [0.5, 0.6) is 5.75 Å². The third kappa shape index (κ3) is 5.08. The van der Waals surface area contributed by atoms with Gasteiger partial charge in [-0.15, -0.1) is 0 Å². The van der Waals surface area contributed by atoms with E-state index in [0.29, 0.717) is 23.3 Å². The van der Waals surface area contributed by atoms with Crippen molar-refractivity contribution in [3.8, 4) is 5.75 Å². The van der Waals surface area contributed by atoms with Gasteiger partial charge >= 0.3 is 5.97 Å². The first-order chi connectivity index (χ1) is 11.5. The van der Waals surface area contributed by atoms with E-state index >= 15 is 0 Å². The maximum atomic E-state index is 14.2. The first kappa shape index (κ1) is 19.7. The molecular formula is C18H24FNO4. The highest BCUT2D eigenvalue weighted by Crippen LogP contribution is 2.27. The van der Waals surface area contributed by atoms with Gasteiger partial charge in [0.25, 0.3) is 0 Å². The Bertz CT molecular complexity index is 667. The molecule has 0 amide bonds. The molecule has 0 saturated carbocycles. The summed E-state index contributed by atoms with van der Waals surface area (Å²) in [5, 5.41) is 0. The fourth-order valence-electron chi connectivity index (χ4n) is 2.22. The smallest absolute Gasteiger partial charge is 0.310 e. The van der Waals surface area contributed by atoms with Gasteiger partial charge in [0.2, 0.25) is 0 Å². The summed E-state index contributed by atoms with van der Waals surface area (Å²) in [5.74, 6) is -0.220. The number of aryl methyl sites for hydroxylation is 1. The summed E-state index contributed by atoms with van der Waals surface area (Å²) in [4.78, 5) is 15.7. The standard InChI is InChI=1S/C16H18FNO4.C2H6/c1-4-21-15(19)8-12-5-11(6-13(17)16(12)20-3)7-14-10(2)18-9-22-14;1-2/h5-6,9H,4,7-8H2,1-3H3;1-2H3. The molecule has 1 heterocycles. The van der Waals surface area contributed by atoms with Gasteiger partial charge in [-0.1, -0.05) is 19.9 Å². The molecule has 0 saturated heterocycles. The van der Waals surface area contributed by atoms with Crippen LogP contribution in [0, 0.1) is 12.7 Å². The molecule has 0 bridgehead atoms. The van der Waals surface area contributed by atoms with Gasteiger partial charge in [-0.25, -0.2) is 9.37 Å². The van der Waals surface area contributed by atoms with E-state index in [9.17, 15) is 9.18 Å². The molecule has 1 aromatic carbocycles. The molecule has 5 nitrogen and oxygen atoms in total. The molecule has 0 fully saturated rings. The number of carbonyl (C=O) groups excluding carboxylic acids is 1. The largest absolute Gasteiger partial charge is 0.493 e. The van der Waals surface area contributed by atoms with Gasteiger partial charge in [0, 0.05) is 12.0 Å². The predicted molar refractivity (Wildman–Crippen MR) is 88.7 cm³/mol. The second kappa shape index (κ2) is 9.70. The van der Waals surface area contributed by atoms with Crippen LogP contribution in [0.25, 0.3) is 0 Å². The number of rotatable bonds is 6. The zero-order chi connectivity index (χ0) is 18.1. The zero-order valence-electron chi connectivity index (χ0n) is 14.8. The number of halogens is 1. The van der Waals surface area contributed by atoms with Crippen LogP contribution in [0.3, 0.4) is 0 Å². The lowest BCUT2D eigenvalue weighted by Gasteiger charge is -2.11. The number of hydrogen-bond acceptors (Lipinski definition) is 5. The van der Waals surface area contributed by atoms with Crippen LogP contribution in [0.15, 0.2) is 22.9 Å². The molecule has 0 radical (unpaired) electrons. The average Bonchev–Trinajstić information content (AvgIpc) is 2.94. The van der Waals surface area contributed by atoms with Crippen molar-refractivity contribution < 1.29 is 23.1 Å². The van der Waals surface area contributed by atoms with Crippen LogP contribution < -0.4 is 4.74 Å². The first-order valence-corrected chi connectivity index (χ1v) is 7.95. The fourth-order valence-corrected chi connectivity index (χ4v) is 2.22. The van der Waals surface area contributed by atoms with Gasteiger partial charge in [0.1, 0.15) is 5.76 Å². The second-order valence-electron chi connectivity index (χ2n) is 4.79.